The lowest BCUT2D eigenvalue weighted by atomic mass is 9.87. The van der Waals surface area contributed by atoms with Gasteiger partial charge in [0, 0.05) is 12.4 Å². The van der Waals surface area contributed by atoms with Gasteiger partial charge in [0.25, 0.3) is 5.89 Å². The second-order valence-corrected chi connectivity index (χ2v) is 5.55. The summed E-state index contributed by atoms with van der Waals surface area (Å²) >= 11 is 0. The van der Waals surface area contributed by atoms with E-state index in [0.717, 1.165) is 11.1 Å². The van der Waals surface area contributed by atoms with Gasteiger partial charge in [0.1, 0.15) is 0 Å². The molecule has 96 valence electrons. The quantitative estimate of drug-likeness (QED) is 0.880. The highest BCUT2D eigenvalue weighted by molar-refractivity contribution is 5.51. The van der Waals surface area contributed by atoms with E-state index in [0.29, 0.717) is 11.7 Å². The van der Waals surface area contributed by atoms with Gasteiger partial charge in [-0.15, -0.1) is 0 Å². The maximum absolute atomic E-state index is 6.09. The van der Waals surface area contributed by atoms with Gasteiger partial charge in [-0.1, -0.05) is 25.9 Å². The summed E-state index contributed by atoms with van der Waals surface area (Å²) < 4.78 is 5.24. The molecule has 0 amide bonds. The fourth-order valence-corrected chi connectivity index (χ4v) is 1.54. The highest BCUT2D eigenvalue weighted by atomic mass is 16.5. The smallest absolute Gasteiger partial charge is 0.259 e. The summed E-state index contributed by atoms with van der Waals surface area (Å²) in [7, 11) is 0. The zero-order valence-electron chi connectivity index (χ0n) is 11.1. The van der Waals surface area contributed by atoms with Crippen LogP contribution in [0.3, 0.4) is 0 Å². The molecule has 2 aromatic heterocycles. The van der Waals surface area contributed by atoms with Crippen LogP contribution in [-0.2, 0) is 0 Å². The Balaban J connectivity index is 2.31. The summed E-state index contributed by atoms with van der Waals surface area (Å²) in [5.74, 6) is 0.986. The highest BCUT2D eigenvalue weighted by Crippen LogP contribution is 2.29. The Bertz CT molecular complexity index is 542. The van der Waals surface area contributed by atoms with Crippen LogP contribution in [0.15, 0.2) is 23.0 Å². The lowest BCUT2D eigenvalue weighted by Gasteiger charge is -2.23. The molecule has 0 fully saturated rings. The van der Waals surface area contributed by atoms with Crippen molar-refractivity contribution in [2.24, 2.45) is 11.1 Å². The minimum atomic E-state index is -0.257. The molecule has 2 rings (SSSR count). The summed E-state index contributed by atoms with van der Waals surface area (Å²) in [4.78, 5) is 8.45. The molecule has 0 aromatic carbocycles. The summed E-state index contributed by atoms with van der Waals surface area (Å²) in [6.45, 7) is 8.10. The zero-order valence-corrected chi connectivity index (χ0v) is 11.1. The Morgan fingerprint density at radius 2 is 2.00 bits per heavy atom. The van der Waals surface area contributed by atoms with Crippen molar-refractivity contribution in [3.05, 3.63) is 29.8 Å². The van der Waals surface area contributed by atoms with E-state index in [1.54, 1.807) is 12.4 Å². The van der Waals surface area contributed by atoms with Crippen LogP contribution in [0.4, 0.5) is 0 Å². The molecule has 0 spiro atoms. The SMILES string of the molecule is Cc1cncc(-c2nc(C(N)C(C)(C)C)no2)c1. The van der Waals surface area contributed by atoms with E-state index in [-0.39, 0.29) is 11.5 Å². The Hall–Kier alpha value is -1.75. The average Bonchev–Trinajstić information content (AvgIpc) is 2.75. The second-order valence-electron chi connectivity index (χ2n) is 5.55. The van der Waals surface area contributed by atoms with Crippen molar-refractivity contribution in [3.8, 4) is 11.5 Å². The molecule has 0 aliphatic rings. The van der Waals surface area contributed by atoms with Crippen LogP contribution in [-0.4, -0.2) is 15.1 Å². The largest absolute Gasteiger partial charge is 0.334 e. The van der Waals surface area contributed by atoms with Gasteiger partial charge in [0.2, 0.25) is 0 Å². The van der Waals surface area contributed by atoms with E-state index >= 15 is 0 Å². The molecule has 2 N–H and O–H groups in total. The zero-order chi connectivity index (χ0) is 13.3. The Morgan fingerprint density at radius 1 is 1.28 bits per heavy atom. The fraction of sp³-hybridized carbons (Fsp3) is 0.462. The van der Waals surface area contributed by atoms with Gasteiger partial charge in [-0.2, -0.15) is 4.98 Å². The molecule has 1 atom stereocenters. The summed E-state index contributed by atoms with van der Waals surface area (Å²) in [6, 6.07) is 1.69. The van der Waals surface area contributed by atoms with Crippen LogP contribution in [0, 0.1) is 12.3 Å². The first-order chi connectivity index (χ1) is 8.38. The van der Waals surface area contributed by atoms with Crippen molar-refractivity contribution in [1.82, 2.24) is 15.1 Å². The molecule has 5 heteroatoms. The molecule has 1 unspecified atom stereocenters. The third kappa shape index (κ3) is 2.56. The van der Waals surface area contributed by atoms with Crippen LogP contribution >= 0.6 is 0 Å². The van der Waals surface area contributed by atoms with Gasteiger partial charge < -0.3 is 10.3 Å². The summed E-state index contributed by atoms with van der Waals surface area (Å²) in [5.41, 5.74) is 7.85. The third-order valence-corrected chi connectivity index (χ3v) is 2.77. The van der Waals surface area contributed by atoms with Gasteiger partial charge in [-0.3, -0.25) is 4.98 Å². The van der Waals surface area contributed by atoms with Crippen LogP contribution in [0.5, 0.6) is 0 Å². The van der Waals surface area contributed by atoms with Gasteiger partial charge in [-0.25, -0.2) is 0 Å². The van der Waals surface area contributed by atoms with Crippen molar-refractivity contribution in [2.75, 3.05) is 0 Å². The van der Waals surface area contributed by atoms with Crippen molar-refractivity contribution in [1.29, 1.82) is 0 Å². The first-order valence-corrected chi connectivity index (χ1v) is 5.89. The van der Waals surface area contributed by atoms with Crippen LogP contribution < -0.4 is 5.73 Å². The standard InChI is InChI=1S/C13H18N4O/c1-8-5-9(7-15-6-8)12-16-11(17-18-12)10(14)13(2,3)4/h5-7,10H,14H2,1-4H3. The van der Waals surface area contributed by atoms with E-state index in [4.69, 9.17) is 10.3 Å². The molecular weight excluding hydrogens is 228 g/mol. The number of hydrogen-bond donors (Lipinski definition) is 1. The third-order valence-electron chi connectivity index (χ3n) is 2.77. The predicted octanol–water partition coefficient (Wildman–Crippen LogP) is 2.49. The second kappa shape index (κ2) is 4.49. The predicted molar refractivity (Wildman–Crippen MR) is 68.6 cm³/mol. The van der Waals surface area contributed by atoms with Crippen LogP contribution in [0.1, 0.15) is 38.2 Å². The van der Waals surface area contributed by atoms with Crippen molar-refractivity contribution in [2.45, 2.75) is 33.7 Å². The van der Waals surface area contributed by atoms with Crippen molar-refractivity contribution >= 4 is 0 Å². The van der Waals surface area contributed by atoms with E-state index < -0.39 is 0 Å². The van der Waals surface area contributed by atoms with Crippen LogP contribution in [0.25, 0.3) is 11.5 Å². The number of nitrogens with zero attached hydrogens (tertiary/aromatic N) is 3. The first kappa shape index (κ1) is 12.7. The average molecular weight is 246 g/mol. The number of rotatable bonds is 2. The van der Waals surface area contributed by atoms with E-state index in [9.17, 15) is 0 Å². The van der Waals surface area contributed by atoms with Crippen molar-refractivity contribution < 1.29 is 4.52 Å². The number of aryl methyl sites for hydroxylation is 1. The maximum atomic E-state index is 6.09. The van der Waals surface area contributed by atoms with Gasteiger partial charge in [0.15, 0.2) is 5.82 Å². The molecule has 0 radical (unpaired) electrons. The topological polar surface area (TPSA) is 77.8 Å². The Morgan fingerprint density at radius 3 is 2.61 bits per heavy atom. The molecule has 0 aliphatic heterocycles. The molecule has 0 aliphatic carbocycles. The van der Waals surface area contributed by atoms with Gasteiger partial charge in [0.05, 0.1) is 11.6 Å². The Kier molecular flexibility index (Phi) is 3.17. The summed E-state index contributed by atoms with van der Waals surface area (Å²) in [5, 5.41) is 3.95. The lowest BCUT2D eigenvalue weighted by molar-refractivity contribution is 0.303. The monoisotopic (exact) mass is 246 g/mol. The minimum absolute atomic E-state index is 0.105. The molecule has 0 bridgehead atoms. The highest BCUT2D eigenvalue weighted by Gasteiger charge is 2.27. The molecule has 2 heterocycles. The van der Waals surface area contributed by atoms with Gasteiger partial charge in [-0.05, 0) is 24.0 Å². The molecule has 0 saturated carbocycles. The van der Waals surface area contributed by atoms with Gasteiger partial charge >= 0.3 is 0 Å². The molecule has 0 saturated heterocycles. The summed E-state index contributed by atoms with van der Waals surface area (Å²) in [6.07, 6.45) is 3.48. The number of pyridine rings is 1. The number of aromatic nitrogens is 3. The molecule has 18 heavy (non-hydrogen) atoms. The normalized spacial score (nSPS) is 13.6. The minimum Gasteiger partial charge on any atom is -0.334 e. The lowest BCUT2D eigenvalue weighted by Crippen LogP contribution is -2.27. The fourth-order valence-electron chi connectivity index (χ4n) is 1.54. The molecular formula is C13H18N4O. The molecule has 2 aromatic rings. The van der Waals surface area contributed by atoms with Crippen molar-refractivity contribution in [3.63, 3.8) is 0 Å². The van der Waals surface area contributed by atoms with E-state index in [1.165, 1.54) is 0 Å². The number of nitrogens with two attached hydrogens (primary N) is 1. The first-order valence-electron chi connectivity index (χ1n) is 5.89. The van der Waals surface area contributed by atoms with E-state index in [1.807, 2.05) is 33.8 Å². The van der Waals surface area contributed by atoms with Crippen LogP contribution in [0.2, 0.25) is 0 Å². The molecule has 5 nitrogen and oxygen atoms in total. The Labute approximate surface area is 106 Å². The maximum Gasteiger partial charge on any atom is 0.259 e. The number of hydrogen-bond acceptors (Lipinski definition) is 5. The van der Waals surface area contributed by atoms with E-state index in [2.05, 4.69) is 15.1 Å².